The Morgan fingerprint density at radius 1 is 1.07 bits per heavy atom. The first-order chi connectivity index (χ1) is 13.4. The van der Waals surface area contributed by atoms with Gasteiger partial charge in [0.25, 0.3) is 0 Å². The number of nitrogens with one attached hydrogen (secondary N) is 1. The van der Waals surface area contributed by atoms with Crippen molar-refractivity contribution in [3.05, 3.63) is 33.8 Å². The Kier molecular flexibility index (Phi) is 8.97. The summed E-state index contributed by atoms with van der Waals surface area (Å²) < 4.78 is 11.8. The third-order valence-corrected chi connectivity index (χ3v) is 9.82. The molecule has 0 bridgehead atoms. The second-order valence-electron chi connectivity index (χ2n) is 9.78. The molecular formula is C21H33Cl2NO5Si. The number of hydrogen-bond donors (Lipinski definition) is 2. The van der Waals surface area contributed by atoms with Crippen LogP contribution in [0.5, 0.6) is 0 Å². The van der Waals surface area contributed by atoms with Gasteiger partial charge in [-0.1, -0.05) is 44.0 Å². The highest BCUT2D eigenvalue weighted by Gasteiger charge is 2.40. The van der Waals surface area contributed by atoms with Crippen molar-refractivity contribution in [1.82, 2.24) is 5.32 Å². The number of hydrogen-bond acceptors (Lipinski definition) is 5. The van der Waals surface area contributed by atoms with E-state index in [0.717, 1.165) is 0 Å². The minimum Gasteiger partial charge on any atom is -0.480 e. The number of carboxylic acid groups (broad SMARTS) is 1. The lowest BCUT2D eigenvalue weighted by Crippen LogP contribution is -2.49. The summed E-state index contributed by atoms with van der Waals surface area (Å²) in [6, 6.07) is 3.56. The van der Waals surface area contributed by atoms with E-state index in [4.69, 9.17) is 32.4 Å². The molecule has 0 heterocycles. The van der Waals surface area contributed by atoms with Crippen LogP contribution >= 0.6 is 23.2 Å². The molecule has 9 heteroatoms. The third-order valence-electron chi connectivity index (χ3n) is 4.90. The number of halogens is 2. The minimum absolute atomic E-state index is 0.0688. The molecule has 0 aromatic heterocycles. The molecule has 0 amide bonds. The van der Waals surface area contributed by atoms with Gasteiger partial charge >= 0.3 is 11.9 Å². The lowest BCUT2D eigenvalue weighted by molar-refractivity contribution is -0.163. The maximum atomic E-state index is 12.4. The number of carbonyl (C=O) groups is 2. The Labute approximate surface area is 190 Å². The van der Waals surface area contributed by atoms with Gasteiger partial charge < -0.3 is 14.3 Å². The Balaban J connectivity index is 3.18. The zero-order chi connectivity index (χ0) is 23.5. The lowest BCUT2D eigenvalue weighted by Gasteiger charge is -2.39. The maximum Gasteiger partial charge on any atom is 0.335 e. The second-order valence-corrected chi connectivity index (χ2v) is 15.4. The van der Waals surface area contributed by atoms with Crippen molar-refractivity contribution in [2.24, 2.45) is 0 Å². The van der Waals surface area contributed by atoms with E-state index in [2.05, 4.69) is 39.2 Å². The molecule has 0 spiro atoms. The van der Waals surface area contributed by atoms with Crippen molar-refractivity contribution in [2.75, 3.05) is 6.54 Å². The molecule has 30 heavy (non-hydrogen) atoms. The van der Waals surface area contributed by atoms with Crippen LogP contribution in [0.4, 0.5) is 0 Å². The van der Waals surface area contributed by atoms with Crippen molar-refractivity contribution >= 4 is 43.5 Å². The number of benzene rings is 1. The molecule has 1 aromatic rings. The van der Waals surface area contributed by atoms with E-state index in [0.29, 0.717) is 15.6 Å². The predicted molar refractivity (Wildman–Crippen MR) is 123 cm³/mol. The number of rotatable bonds is 8. The van der Waals surface area contributed by atoms with Crippen molar-refractivity contribution < 1.29 is 23.9 Å². The smallest absolute Gasteiger partial charge is 0.335 e. The highest BCUT2D eigenvalue weighted by atomic mass is 35.5. The summed E-state index contributed by atoms with van der Waals surface area (Å²) in [4.78, 5) is 24.1. The number of ether oxygens (including phenoxy) is 1. The van der Waals surface area contributed by atoms with Gasteiger partial charge in [-0.15, -0.1) is 0 Å². The average molecular weight is 478 g/mol. The highest BCUT2D eigenvalue weighted by Crippen LogP contribution is 2.40. The van der Waals surface area contributed by atoms with Gasteiger partial charge in [-0.2, -0.15) is 0 Å². The molecule has 1 rings (SSSR count). The van der Waals surface area contributed by atoms with Gasteiger partial charge in [-0.25, -0.2) is 9.59 Å². The second kappa shape index (κ2) is 10.00. The van der Waals surface area contributed by atoms with Crippen molar-refractivity contribution in [3.63, 3.8) is 0 Å². The predicted octanol–water partition coefficient (Wildman–Crippen LogP) is 5.44. The van der Waals surface area contributed by atoms with E-state index in [-0.39, 0.29) is 11.6 Å². The van der Waals surface area contributed by atoms with E-state index >= 15 is 0 Å². The molecule has 0 aliphatic carbocycles. The molecular weight excluding hydrogens is 445 g/mol. The molecule has 170 valence electrons. The van der Waals surface area contributed by atoms with E-state index < -0.39 is 38.0 Å². The lowest BCUT2D eigenvalue weighted by atomic mass is 10.1. The van der Waals surface area contributed by atoms with Crippen LogP contribution in [0.2, 0.25) is 28.2 Å². The van der Waals surface area contributed by atoms with Gasteiger partial charge in [-0.05, 0) is 62.7 Å². The van der Waals surface area contributed by atoms with Gasteiger partial charge in [-0.3, -0.25) is 5.32 Å². The molecule has 0 radical (unpaired) electrons. The average Bonchev–Trinajstić information content (AvgIpc) is 2.49. The molecule has 1 aromatic carbocycles. The SMILES string of the molecule is CC(C)(C)OC(=O)[C@H](NCC(O[Si](C)(C)C(C)(C)C)c1cc(Cl)cc(Cl)c1)C(=O)O. The van der Waals surface area contributed by atoms with Gasteiger partial charge in [0.15, 0.2) is 8.32 Å². The molecule has 6 nitrogen and oxygen atoms in total. The summed E-state index contributed by atoms with van der Waals surface area (Å²) in [5, 5.41) is 13.1. The minimum atomic E-state index is -2.24. The van der Waals surface area contributed by atoms with Gasteiger partial charge in [0.2, 0.25) is 6.04 Å². The molecule has 1 unspecified atom stereocenters. The quantitative estimate of drug-likeness (QED) is 0.294. The van der Waals surface area contributed by atoms with Crippen LogP contribution in [0.25, 0.3) is 0 Å². The van der Waals surface area contributed by atoms with Crippen LogP contribution in [0.15, 0.2) is 18.2 Å². The topological polar surface area (TPSA) is 84.9 Å². The van der Waals surface area contributed by atoms with Crippen LogP contribution in [0.3, 0.4) is 0 Å². The van der Waals surface area contributed by atoms with E-state index in [9.17, 15) is 14.7 Å². The van der Waals surface area contributed by atoms with Crippen molar-refractivity contribution in [2.45, 2.75) is 77.4 Å². The number of carbonyl (C=O) groups excluding carboxylic acids is 1. The molecule has 0 saturated carbocycles. The zero-order valence-corrected chi connectivity index (χ0v) is 21.4. The zero-order valence-electron chi connectivity index (χ0n) is 18.9. The fourth-order valence-electron chi connectivity index (χ4n) is 2.38. The Morgan fingerprint density at radius 2 is 1.57 bits per heavy atom. The normalized spacial score (nSPS) is 14.9. The summed E-state index contributed by atoms with van der Waals surface area (Å²) in [6.45, 7) is 15.6. The van der Waals surface area contributed by atoms with Crippen LogP contribution in [0, 0.1) is 0 Å². The summed E-state index contributed by atoms with van der Waals surface area (Å²) in [6.07, 6.45) is -0.550. The largest absolute Gasteiger partial charge is 0.480 e. The van der Waals surface area contributed by atoms with Gasteiger partial charge in [0, 0.05) is 16.6 Å². The molecule has 0 aliphatic heterocycles. The molecule has 0 saturated heterocycles. The Morgan fingerprint density at radius 3 is 1.97 bits per heavy atom. The summed E-state index contributed by atoms with van der Waals surface area (Å²) in [5.41, 5.74) is -0.0950. The molecule has 0 fully saturated rings. The summed E-state index contributed by atoms with van der Waals surface area (Å²) >= 11 is 12.3. The Bertz CT molecular complexity index is 751. The Hall–Kier alpha value is -1.12. The van der Waals surface area contributed by atoms with Gasteiger partial charge in [0.05, 0.1) is 6.10 Å². The maximum absolute atomic E-state index is 12.4. The van der Waals surface area contributed by atoms with Gasteiger partial charge in [0.1, 0.15) is 5.60 Å². The number of carboxylic acids is 1. The van der Waals surface area contributed by atoms with E-state index in [1.165, 1.54) is 0 Å². The summed E-state index contributed by atoms with van der Waals surface area (Å²) in [5.74, 6) is -2.18. The molecule has 2 N–H and O–H groups in total. The van der Waals surface area contributed by atoms with Crippen LogP contribution in [0.1, 0.15) is 53.2 Å². The van der Waals surface area contributed by atoms with Crippen molar-refractivity contribution in [1.29, 1.82) is 0 Å². The summed E-state index contributed by atoms with van der Waals surface area (Å²) in [7, 11) is -2.24. The monoisotopic (exact) mass is 477 g/mol. The first kappa shape index (κ1) is 26.9. The van der Waals surface area contributed by atoms with Crippen LogP contribution in [-0.2, 0) is 18.8 Å². The first-order valence-corrected chi connectivity index (χ1v) is 13.4. The highest BCUT2D eigenvalue weighted by molar-refractivity contribution is 6.74. The van der Waals surface area contributed by atoms with E-state index in [1.54, 1.807) is 39.0 Å². The fourth-order valence-corrected chi connectivity index (χ4v) is 4.21. The standard InChI is InChI=1S/C21H33Cl2NO5Si/c1-20(2,3)28-19(27)17(18(25)26)24-12-16(29-30(7,8)21(4,5)6)13-9-14(22)11-15(23)10-13/h9-11,16-17,24H,12H2,1-8H3,(H,25,26)/t16?,17-/m1/s1. The van der Waals surface area contributed by atoms with Crippen LogP contribution < -0.4 is 5.32 Å². The molecule has 0 aliphatic rings. The van der Waals surface area contributed by atoms with E-state index in [1.807, 2.05) is 0 Å². The fraction of sp³-hybridized carbons (Fsp3) is 0.619. The number of aliphatic carboxylic acids is 1. The third kappa shape index (κ3) is 8.19. The molecule has 2 atom stereocenters. The number of esters is 1. The van der Waals surface area contributed by atoms with Crippen molar-refractivity contribution in [3.8, 4) is 0 Å². The first-order valence-electron chi connectivity index (χ1n) is 9.76. The van der Waals surface area contributed by atoms with Crippen LogP contribution in [-0.4, -0.2) is 43.6 Å².